The summed E-state index contributed by atoms with van der Waals surface area (Å²) in [4.78, 5) is 31.0. The van der Waals surface area contributed by atoms with Gasteiger partial charge in [-0.2, -0.15) is 0 Å². The van der Waals surface area contributed by atoms with Crippen molar-refractivity contribution in [3.05, 3.63) is 39.9 Å². The average molecular weight is 511 g/mol. The number of benzene rings is 1. The second-order valence-corrected chi connectivity index (χ2v) is 9.67. The molecule has 6 rings (SSSR count). The molecule has 0 bridgehead atoms. The zero-order valence-electron chi connectivity index (χ0n) is 20.7. The first kappa shape index (κ1) is 23.9. The Bertz CT molecular complexity index is 1340. The topological polar surface area (TPSA) is 134 Å². The molecule has 0 amide bonds. The van der Waals surface area contributed by atoms with E-state index in [1.165, 1.54) is 0 Å². The zero-order chi connectivity index (χ0) is 25.4. The van der Waals surface area contributed by atoms with Gasteiger partial charge in [-0.15, -0.1) is 5.10 Å². The van der Waals surface area contributed by atoms with E-state index in [-0.39, 0.29) is 30.3 Å². The Morgan fingerprint density at radius 1 is 1.19 bits per heavy atom. The maximum atomic E-state index is 13.5. The third-order valence-electron chi connectivity index (χ3n) is 7.38. The lowest BCUT2D eigenvalue weighted by atomic mass is 9.94. The number of fused-ring (bicyclic) bond motifs is 2. The van der Waals surface area contributed by atoms with Crippen molar-refractivity contribution < 1.29 is 23.7 Å². The number of nitrogens with zero attached hydrogens (tertiary/aromatic N) is 5. The fourth-order valence-corrected chi connectivity index (χ4v) is 5.49. The van der Waals surface area contributed by atoms with Crippen molar-refractivity contribution in [2.24, 2.45) is 5.92 Å². The summed E-state index contributed by atoms with van der Waals surface area (Å²) in [5.74, 6) is 1.50. The van der Waals surface area contributed by atoms with Crippen LogP contribution in [0.25, 0.3) is 10.9 Å². The molecule has 3 aromatic rings. The highest BCUT2D eigenvalue weighted by atomic mass is 16.7. The number of hydrogen-bond acceptors (Lipinski definition) is 10. The van der Waals surface area contributed by atoms with Crippen molar-refractivity contribution in [2.75, 3.05) is 33.1 Å². The zero-order valence-corrected chi connectivity index (χ0v) is 20.7. The van der Waals surface area contributed by atoms with Gasteiger partial charge in [-0.25, -0.2) is 4.68 Å². The highest BCUT2D eigenvalue weighted by Crippen LogP contribution is 2.37. The Labute approximate surface area is 212 Å². The second-order valence-electron chi connectivity index (χ2n) is 9.67. The van der Waals surface area contributed by atoms with Crippen molar-refractivity contribution in [1.29, 1.82) is 0 Å². The van der Waals surface area contributed by atoms with Gasteiger partial charge in [-0.1, -0.05) is 0 Å². The van der Waals surface area contributed by atoms with E-state index in [9.17, 15) is 9.59 Å². The van der Waals surface area contributed by atoms with Crippen LogP contribution in [0.15, 0.2) is 23.0 Å². The summed E-state index contributed by atoms with van der Waals surface area (Å²) in [7, 11) is 0. The highest BCUT2D eigenvalue weighted by molar-refractivity contribution is 5.83. The molecule has 2 atom stereocenters. The molecule has 1 aromatic carbocycles. The first-order valence-electron chi connectivity index (χ1n) is 12.9. The quantitative estimate of drug-likeness (QED) is 0.469. The largest absolute Gasteiger partial charge is 0.466 e. The lowest BCUT2D eigenvalue weighted by Crippen LogP contribution is -2.42. The van der Waals surface area contributed by atoms with Crippen LogP contribution in [-0.2, 0) is 20.8 Å². The molecule has 0 radical (unpaired) electrons. The molecule has 2 aromatic heterocycles. The van der Waals surface area contributed by atoms with Crippen molar-refractivity contribution in [3.8, 4) is 11.5 Å². The number of piperidine rings is 1. The summed E-state index contributed by atoms with van der Waals surface area (Å²) in [6.07, 6.45) is 3.25. The van der Waals surface area contributed by atoms with Gasteiger partial charge in [0.05, 0.1) is 30.7 Å². The number of likely N-dealkylation sites (tertiary alicyclic amines) is 1. The maximum Gasteiger partial charge on any atom is 0.309 e. The summed E-state index contributed by atoms with van der Waals surface area (Å²) in [5, 5.41) is 13.4. The number of nitrogens with one attached hydrogen (secondary N) is 1. The van der Waals surface area contributed by atoms with Gasteiger partial charge in [-0.05, 0) is 55.2 Å². The Morgan fingerprint density at radius 2 is 2.00 bits per heavy atom. The standard InChI is InChI=1S/C25H30N6O6/c1-2-34-25(33)15-5-7-30(8-6-15)22(23-27-28-29-31(23)13-17-4-3-9-35-17)18-10-16-11-20-21(37-14-36-20)12-19(16)26-24(18)32/h10-12,15,17,22H,2-9,13-14H2,1H3,(H,26,32)/t17-,22-/m0/s1. The minimum atomic E-state index is -0.502. The van der Waals surface area contributed by atoms with E-state index in [1.54, 1.807) is 10.7 Å². The van der Waals surface area contributed by atoms with Gasteiger partial charge in [0.2, 0.25) is 6.79 Å². The molecule has 196 valence electrons. The van der Waals surface area contributed by atoms with Crippen LogP contribution in [0, 0.1) is 5.92 Å². The molecule has 2 fully saturated rings. The second kappa shape index (κ2) is 10.1. The molecule has 37 heavy (non-hydrogen) atoms. The number of aromatic nitrogens is 5. The van der Waals surface area contributed by atoms with E-state index in [2.05, 4.69) is 25.4 Å². The van der Waals surface area contributed by atoms with Crippen LogP contribution in [0.5, 0.6) is 11.5 Å². The third-order valence-corrected chi connectivity index (χ3v) is 7.38. The number of ether oxygens (including phenoxy) is 4. The summed E-state index contributed by atoms with van der Waals surface area (Å²) >= 11 is 0. The SMILES string of the molecule is CCOC(=O)C1CCN([C@@H](c2cc3cc4c(cc3[nH]c2=O)OCO4)c2nnnn2C[C@@H]2CCCO2)CC1. The van der Waals surface area contributed by atoms with Gasteiger partial charge in [0, 0.05) is 36.7 Å². The number of tetrazole rings is 1. The molecule has 2 saturated heterocycles. The summed E-state index contributed by atoms with van der Waals surface area (Å²) in [5.41, 5.74) is 0.969. The van der Waals surface area contributed by atoms with Gasteiger partial charge in [-0.3, -0.25) is 14.5 Å². The predicted octanol–water partition coefficient (Wildman–Crippen LogP) is 1.79. The monoisotopic (exact) mass is 510 g/mol. The maximum absolute atomic E-state index is 13.5. The van der Waals surface area contributed by atoms with Crippen LogP contribution in [0.3, 0.4) is 0 Å². The fourth-order valence-electron chi connectivity index (χ4n) is 5.49. The molecule has 1 N–H and O–H groups in total. The smallest absolute Gasteiger partial charge is 0.309 e. The molecule has 0 saturated carbocycles. The number of pyridine rings is 1. The number of rotatable bonds is 7. The number of esters is 1. The van der Waals surface area contributed by atoms with Gasteiger partial charge in [0.25, 0.3) is 5.56 Å². The minimum Gasteiger partial charge on any atom is -0.466 e. The molecule has 12 heteroatoms. The minimum absolute atomic E-state index is 0.0343. The van der Waals surface area contributed by atoms with Crippen LogP contribution in [0.2, 0.25) is 0 Å². The van der Waals surface area contributed by atoms with Crippen LogP contribution < -0.4 is 15.0 Å². The van der Waals surface area contributed by atoms with Crippen LogP contribution in [0.4, 0.5) is 0 Å². The van der Waals surface area contributed by atoms with E-state index in [0.29, 0.717) is 67.5 Å². The lowest BCUT2D eigenvalue weighted by molar-refractivity contribution is -0.149. The fraction of sp³-hybridized carbons (Fsp3) is 0.560. The van der Waals surface area contributed by atoms with E-state index in [1.807, 2.05) is 19.1 Å². The molecule has 5 heterocycles. The van der Waals surface area contributed by atoms with Gasteiger partial charge in [0.15, 0.2) is 17.3 Å². The van der Waals surface area contributed by atoms with Crippen LogP contribution >= 0.6 is 0 Å². The Balaban J connectivity index is 1.38. The Kier molecular flexibility index (Phi) is 6.51. The van der Waals surface area contributed by atoms with Crippen molar-refractivity contribution >= 4 is 16.9 Å². The van der Waals surface area contributed by atoms with Crippen LogP contribution in [-0.4, -0.2) is 75.3 Å². The van der Waals surface area contributed by atoms with E-state index in [4.69, 9.17) is 18.9 Å². The van der Waals surface area contributed by atoms with Gasteiger partial charge in [0.1, 0.15) is 6.04 Å². The predicted molar refractivity (Wildman–Crippen MR) is 130 cm³/mol. The molecule has 3 aliphatic rings. The molecule has 3 aliphatic heterocycles. The van der Waals surface area contributed by atoms with E-state index in [0.717, 1.165) is 24.8 Å². The van der Waals surface area contributed by atoms with Crippen LogP contribution in [0.1, 0.15) is 50.0 Å². The first-order chi connectivity index (χ1) is 18.1. The van der Waals surface area contributed by atoms with Crippen molar-refractivity contribution in [3.63, 3.8) is 0 Å². The van der Waals surface area contributed by atoms with Crippen molar-refractivity contribution in [1.82, 2.24) is 30.1 Å². The third kappa shape index (κ3) is 4.66. The summed E-state index contributed by atoms with van der Waals surface area (Å²) < 4.78 is 23.8. The normalized spacial score (nSPS) is 20.9. The molecular weight excluding hydrogens is 480 g/mol. The number of carbonyl (C=O) groups is 1. The first-order valence-corrected chi connectivity index (χ1v) is 12.9. The number of H-pyrrole nitrogens is 1. The van der Waals surface area contributed by atoms with E-state index >= 15 is 0 Å². The van der Waals surface area contributed by atoms with Gasteiger partial charge >= 0.3 is 5.97 Å². The highest BCUT2D eigenvalue weighted by Gasteiger charge is 2.36. The average Bonchev–Trinajstić information content (AvgIpc) is 3.67. The molecule has 0 spiro atoms. The molecule has 12 nitrogen and oxygen atoms in total. The number of aromatic amines is 1. The molecule has 0 unspecified atom stereocenters. The number of carbonyl (C=O) groups excluding carboxylic acids is 1. The summed E-state index contributed by atoms with van der Waals surface area (Å²) in [6.45, 7) is 4.77. The van der Waals surface area contributed by atoms with Gasteiger partial charge < -0.3 is 23.9 Å². The molecular formula is C25H30N6O6. The lowest BCUT2D eigenvalue weighted by Gasteiger charge is -2.36. The molecule has 0 aliphatic carbocycles. The Morgan fingerprint density at radius 3 is 2.76 bits per heavy atom. The van der Waals surface area contributed by atoms with Crippen molar-refractivity contribution in [2.45, 2.75) is 51.3 Å². The number of hydrogen-bond donors (Lipinski definition) is 1. The summed E-state index contributed by atoms with van der Waals surface area (Å²) in [6, 6.07) is 5.03. The van der Waals surface area contributed by atoms with E-state index < -0.39 is 6.04 Å². The Hall–Kier alpha value is -3.51.